The first-order chi connectivity index (χ1) is 13.5. The summed E-state index contributed by atoms with van der Waals surface area (Å²) >= 11 is 0. The summed E-state index contributed by atoms with van der Waals surface area (Å²) in [4.78, 5) is 54.3. The summed E-state index contributed by atoms with van der Waals surface area (Å²) in [5, 5.41) is 0. The van der Waals surface area contributed by atoms with Crippen LogP contribution in [0.2, 0.25) is 0 Å². The fourth-order valence-corrected chi connectivity index (χ4v) is 4.65. The van der Waals surface area contributed by atoms with Gasteiger partial charge >= 0.3 is 17.8 Å². The number of hydrogen-bond donors (Lipinski definition) is 0. The van der Waals surface area contributed by atoms with Gasteiger partial charge in [-0.25, -0.2) is 9.69 Å². The van der Waals surface area contributed by atoms with Crippen molar-refractivity contribution in [3.63, 3.8) is 0 Å². The first-order valence-electron chi connectivity index (χ1n) is 10.1. The van der Waals surface area contributed by atoms with Crippen LogP contribution in [0.5, 0.6) is 0 Å². The van der Waals surface area contributed by atoms with Crippen LogP contribution in [-0.2, 0) is 20.8 Å². The Labute approximate surface area is 164 Å². The number of para-hydroxylation sites is 1. The van der Waals surface area contributed by atoms with E-state index in [0.29, 0.717) is 13.0 Å². The van der Waals surface area contributed by atoms with Crippen molar-refractivity contribution in [3.05, 3.63) is 29.8 Å². The summed E-state index contributed by atoms with van der Waals surface area (Å²) < 4.78 is 0. The van der Waals surface area contributed by atoms with E-state index in [0.717, 1.165) is 53.2 Å². The Hall–Kier alpha value is -2.70. The molecule has 2 fully saturated rings. The fourth-order valence-electron chi connectivity index (χ4n) is 4.65. The van der Waals surface area contributed by atoms with E-state index in [1.165, 1.54) is 0 Å². The minimum Gasteiger partial charge on any atom is -0.311 e. The van der Waals surface area contributed by atoms with Gasteiger partial charge in [-0.2, -0.15) is 0 Å². The summed E-state index contributed by atoms with van der Waals surface area (Å²) in [6.45, 7) is 2.16. The van der Waals surface area contributed by atoms with E-state index >= 15 is 0 Å². The fraction of sp³-hybridized carbons (Fsp3) is 0.524. The zero-order valence-electron chi connectivity index (χ0n) is 16.1. The van der Waals surface area contributed by atoms with Gasteiger partial charge in [0.05, 0.1) is 0 Å². The van der Waals surface area contributed by atoms with Gasteiger partial charge in [-0.05, 0) is 43.2 Å². The van der Waals surface area contributed by atoms with Crippen LogP contribution in [0.25, 0.3) is 0 Å². The molecule has 7 nitrogen and oxygen atoms in total. The first-order valence-corrected chi connectivity index (χ1v) is 10.1. The molecule has 5 amide bonds. The van der Waals surface area contributed by atoms with Crippen molar-refractivity contribution in [1.29, 1.82) is 0 Å². The normalized spacial score (nSPS) is 25.3. The number of fused-ring (bicyclic) bond motifs is 1. The van der Waals surface area contributed by atoms with Gasteiger partial charge in [-0.1, -0.05) is 38.0 Å². The van der Waals surface area contributed by atoms with Crippen LogP contribution in [0.15, 0.2) is 24.3 Å². The van der Waals surface area contributed by atoms with E-state index in [2.05, 4.69) is 0 Å². The van der Waals surface area contributed by atoms with E-state index in [9.17, 15) is 19.2 Å². The van der Waals surface area contributed by atoms with E-state index in [4.69, 9.17) is 0 Å². The van der Waals surface area contributed by atoms with Gasteiger partial charge < -0.3 is 4.90 Å². The Morgan fingerprint density at radius 1 is 1.04 bits per heavy atom. The van der Waals surface area contributed by atoms with Gasteiger partial charge in [0.1, 0.15) is 6.54 Å². The molecular weight excluding hydrogens is 358 g/mol. The van der Waals surface area contributed by atoms with Crippen LogP contribution in [0.4, 0.5) is 10.5 Å². The number of nitrogens with zero attached hydrogens (tertiary/aromatic N) is 3. The lowest BCUT2D eigenvalue weighted by Gasteiger charge is -2.34. The van der Waals surface area contributed by atoms with Crippen molar-refractivity contribution in [2.45, 2.75) is 51.5 Å². The van der Waals surface area contributed by atoms with Gasteiger partial charge in [0, 0.05) is 18.3 Å². The molecule has 0 unspecified atom stereocenters. The van der Waals surface area contributed by atoms with Gasteiger partial charge in [0.25, 0.3) is 0 Å². The largest absolute Gasteiger partial charge is 0.334 e. The Balaban J connectivity index is 1.52. The number of imide groups is 2. The third-order valence-electron chi connectivity index (χ3n) is 6.19. The Kier molecular flexibility index (Phi) is 4.91. The highest BCUT2D eigenvalue weighted by Crippen LogP contribution is 2.32. The maximum atomic E-state index is 12.9. The molecule has 28 heavy (non-hydrogen) atoms. The summed E-state index contributed by atoms with van der Waals surface area (Å²) in [7, 11) is 0. The maximum absolute atomic E-state index is 12.9. The standard InChI is InChI=1S/C21H25N3O4/c1-14-7-2-4-10-16(14)24-20(27)19(26)23(21(24)28)13-18(25)22-12-6-9-15-8-3-5-11-17(15)22/h3,5,8,11,14,16H,2,4,6-7,9-10,12-13H2,1H3/t14-,16-/m1/s1. The molecule has 3 aliphatic rings. The van der Waals surface area contributed by atoms with Gasteiger partial charge in [0.2, 0.25) is 5.91 Å². The number of hydrogen-bond acceptors (Lipinski definition) is 4. The van der Waals surface area contributed by atoms with Crippen LogP contribution < -0.4 is 4.90 Å². The number of carbonyl (C=O) groups is 4. The molecule has 0 N–H and O–H groups in total. The summed E-state index contributed by atoms with van der Waals surface area (Å²) in [6.07, 6.45) is 5.37. The summed E-state index contributed by atoms with van der Waals surface area (Å²) in [5.41, 5.74) is 1.90. The van der Waals surface area contributed by atoms with E-state index in [1.54, 1.807) is 4.90 Å². The molecule has 4 rings (SSSR count). The molecule has 2 aliphatic heterocycles. The molecule has 0 aromatic heterocycles. The predicted octanol–water partition coefficient (Wildman–Crippen LogP) is 2.34. The van der Waals surface area contributed by atoms with Crippen LogP contribution in [0, 0.1) is 5.92 Å². The summed E-state index contributed by atoms with van der Waals surface area (Å²) in [6, 6.07) is 6.76. The van der Waals surface area contributed by atoms with E-state index < -0.39 is 24.4 Å². The molecule has 0 spiro atoms. The smallest absolute Gasteiger partial charge is 0.311 e. The molecule has 1 aromatic rings. The molecule has 0 radical (unpaired) electrons. The number of amides is 5. The van der Waals surface area contributed by atoms with Crippen molar-refractivity contribution in [3.8, 4) is 0 Å². The molecule has 148 valence electrons. The average Bonchev–Trinajstić information content (AvgIpc) is 2.91. The van der Waals surface area contributed by atoms with Crippen molar-refractivity contribution in [2.75, 3.05) is 18.0 Å². The highest BCUT2D eigenvalue weighted by atomic mass is 16.2. The van der Waals surface area contributed by atoms with E-state index in [1.807, 2.05) is 31.2 Å². The zero-order valence-corrected chi connectivity index (χ0v) is 16.1. The Morgan fingerprint density at radius 2 is 1.79 bits per heavy atom. The molecule has 2 atom stereocenters. The highest BCUT2D eigenvalue weighted by Gasteiger charge is 2.49. The lowest BCUT2D eigenvalue weighted by Crippen LogP contribution is -2.48. The number of aryl methyl sites for hydroxylation is 1. The third kappa shape index (κ3) is 3.08. The monoisotopic (exact) mass is 383 g/mol. The van der Waals surface area contributed by atoms with Crippen LogP contribution >= 0.6 is 0 Å². The van der Waals surface area contributed by atoms with Crippen LogP contribution in [-0.4, -0.2) is 52.7 Å². The number of urea groups is 1. The molecule has 2 heterocycles. The maximum Gasteiger partial charge on any atom is 0.334 e. The SMILES string of the molecule is C[C@@H]1CCCC[C@H]1N1C(=O)C(=O)N(CC(=O)N2CCCc3ccccc32)C1=O. The van der Waals surface area contributed by atoms with Gasteiger partial charge in [0.15, 0.2) is 0 Å². The molecule has 1 aromatic carbocycles. The van der Waals surface area contributed by atoms with E-state index in [-0.39, 0.29) is 17.9 Å². The van der Waals surface area contributed by atoms with Crippen molar-refractivity contribution < 1.29 is 19.2 Å². The third-order valence-corrected chi connectivity index (χ3v) is 6.19. The number of carbonyl (C=O) groups excluding carboxylic acids is 4. The molecular formula is C21H25N3O4. The molecule has 1 aliphatic carbocycles. The molecule has 1 saturated heterocycles. The highest BCUT2D eigenvalue weighted by molar-refractivity contribution is 6.45. The van der Waals surface area contributed by atoms with Crippen molar-refractivity contribution in [1.82, 2.24) is 9.80 Å². The van der Waals surface area contributed by atoms with Crippen molar-refractivity contribution >= 4 is 29.4 Å². The second kappa shape index (κ2) is 7.37. The lowest BCUT2D eigenvalue weighted by atomic mass is 9.85. The molecule has 7 heteroatoms. The lowest BCUT2D eigenvalue weighted by molar-refractivity contribution is -0.145. The second-order valence-corrected chi connectivity index (χ2v) is 7.96. The molecule has 1 saturated carbocycles. The predicted molar refractivity (Wildman–Crippen MR) is 102 cm³/mol. The topological polar surface area (TPSA) is 78.0 Å². The number of benzene rings is 1. The first kappa shape index (κ1) is 18.7. The minimum atomic E-state index is -0.888. The van der Waals surface area contributed by atoms with Gasteiger partial charge in [-0.3, -0.25) is 19.3 Å². The summed E-state index contributed by atoms with van der Waals surface area (Å²) in [5.74, 6) is -1.85. The second-order valence-electron chi connectivity index (χ2n) is 7.96. The Morgan fingerprint density at radius 3 is 2.57 bits per heavy atom. The number of rotatable bonds is 3. The zero-order chi connectivity index (χ0) is 19.8. The van der Waals surface area contributed by atoms with Crippen LogP contribution in [0.3, 0.4) is 0 Å². The van der Waals surface area contributed by atoms with Crippen LogP contribution in [0.1, 0.15) is 44.6 Å². The average molecular weight is 383 g/mol. The number of anilines is 1. The minimum absolute atomic E-state index is 0.166. The quantitative estimate of drug-likeness (QED) is 0.593. The molecule has 0 bridgehead atoms. The van der Waals surface area contributed by atoms with Crippen molar-refractivity contribution in [2.24, 2.45) is 5.92 Å². The van der Waals surface area contributed by atoms with Gasteiger partial charge in [-0.15, -0.1) is 0 Å². The Bertz CT molecular complexity index is 837.